The molecule has 2 rings (SSSR count). The molecule has 2 aromatic heterocycles. The minimum atomic E-state index is -0.837. The second-order valence-corrected chi connectivity index (χ2v) is 6.81. The molecule has 2 aromatic rings. The molecule has 0 bridgehead atoms. The molecule has 0 fully saturated rings. The first kappa shape index (κ1) is 15.2. The van der Waals surface area contributed by atoms with Crippen molar-refractivity contribution in [1.82, 2.24) is 14.5 Å². The lowest BCUT2D eigenvalue weighted by Crippen LogP contribution is -2.11. The molecule has 0 aliphatic heterocycles. The first-order valence-electron chi connectivity index (χ1n) is 6.21. The van der Waals surface area contributed by atoms with E-state index in [4.69, 9.17) is 5.11 Å². The Kier molecular flexibility index (Phi) is 4.93. The Bertz CT molecular complexity index is 627. The number of fused-ring (bicyclic) bond motifs is 1. The van der Waals surface area contributed by atoms with E-state index in [2.05, 4.69) is 23.1 Å². The van der Waals surface area contributed by atoms with Crippen LogP contribution in [0.4, 0.5) is 0 Å². The maximum absolute atomic E-state index is 10.8. The average Bonchev–Trinajstić information content (AvgIpc) is 2.73. The zero-order chi connectivity index (χ0) is 14.7. The van der Waals surface area contributed by atoms with Gasteiger partial charge in [-0.2, -0.15) is 11.8 Å². The average molecular weight is 311 g/mol. The van der Waals surface area contributed by atoms with Gasteiger partial charge in [-0.05, 0) is 24.8 Å². The molecular weight excluding hydrogens is 294 g/mol. The number of nitrogens with zero attached hydrogens (tertiary/aromatic N) is 3. The molecule has 0 aliphatic rings. The minimum absolute atomic E-state index is 0.00987. The van der Waals surface area contributed by atoms with Gasteiger partial charge in [0.05, 0.1) is 5.75 Å². The van der Waals surface area contributed by atoms with Crippen LogP contribution in [0.3, 0.4) is 0 Å². The standard InChI is InChI=1S/C13H17N3O2S2/c1-8-4-10-12(14-5-8)16(6-9(2)19-3)13(15-10)20-7-11(17)18/h4-5,9H,6-7H2,1-3H3,(H,17,18). The molecule has 0 spiro atoms. The van der Waals surface area contributed by atoms with E-state index in [1.165, 1.54) is 11.8 Å². The Morgan fingerprint density at radius 2 is 2.30 bits per heavy atom. The number of hydrogen-bond acceptors (Lipinski definition) is 5. The third kappa shape index (κ3) is 3.46. The molecule has 0 saturated heterocycles. The van der Waals surface area contributed by atoms with E-state index < -0.39 is 5.97 Å². The molecule has 0 aromatic carbocycles. The smallest absolute Gasteiger partial charge is 0.313 e. The Morgan fingerprint density at radius 1 is 1.55 bits per heavy atom. The van der Waals surface area contributed by atoms with Crippen LogP contribution in [0.25, 0.3) is 11.2 Å². The highest BCUT2D eigenvalue weighted by Gasteiger charge is 2.15. The normalized spacial score (nSPS) is 12.8. The van der Waals surface area contributed by atoms with Crippen LogP contribution in [0.15, 0.2) is 17.4 Å². The Balaban J connectivity index is 2.41. The SMILES string of the molecule is CSC(C)Cn1c(SCC(=O)O)nc2cc(C)cnc21. The first-order valence-corrected chi connectivity index (χ1v) is 8.49. The summed E-state index contributed by atoms with van der Waals surface area (Å²) in [6.07, 6.45) is 3.88. The molecular formula is C13H17N3O2S2. The number of pyridine rings is 1. The van der Waals surface area contributed by atoms with Gasteiger partial charge < -0.3 is 9.67 Å². The predicted octanol–water partition coefficient (Wildman–Crippen LogP) is 2.67. The molecule has 1 unspecified atom stereocenters. The molecule has 1 atom stereocenters. The van der Waals surface area contributed by atoms with E-state index in [1.54, 1.807) is 11.8 Å². The summed E-state index contributed by atoms with van der Waals surface area (Å²) < 4.78 is 2.02. The van der Waals surface area contributed by atoms with Crippen LogP contribution in [0.1, 0.15) is 12.5 Å². The number of hydrogen-bond donors (Lipinski definition) is 1. The highest BCUT2D eigenvalue weighted by Crippen LogP contribution is 2.25. The van der Waals surface area contributed by atoms with Gasteiger partial charge in [0.15, 0.2) is 10.8 Å². The van der Waals surface area contributed by atoms with Crippen molar-refractivity contribution in [2.75, 3.05) is 12.0 Å². The topological polar surface area (TPSA) is 68.0 Å². The largest absolute Gasteiger partial charge is 0.481 e. The fourth-order valence-corrected chi connectivity index (χ4v) is 2.85. The van der Waals surface area contributed by atoms with Crippen LogP contribution in [-0.2, 0) is 11.3 Å². The zero-order valence-electron chi connectivity index (χ0n) is 11.7. The van der Waals surface area contributed by atoms with Gasteiger partial charge in [-0.3, -0.25) is 4.79 Å². The molecule has 0 saturated carbocycles. The summed E-state index contributed by atoms with van der Waals surface area (Å²) in [7, 11) is 0. The predicted molar refractivity (Wildman–Crippen MR) is 83.6 cm³/mol. The van der Waals surface area contributed by atoms with Gasteiger partial charge in [-0.15, -0.1) is 0 Å². The van der Waals surface area contributed by atoms with Crippen LogP contribution in [0.2, 0.25) is 0 Å². The summed E-state index contributed by atoms with van der Waals surface area (Å²) in [4.78, 5) is 19.7. The van der Waals surface area contributed by atoms with Gasteiger partial charge in [0, 0.05) is 18.0 Å². The fourth-order valence-electron chi connectivity index (χ4n) is 1.82. The zero-order valence-corrected chi connectivity index (χ0v) is 13.3. The van der Waals surface area contributed by atoms with Crippen molar-refractivity contribution in [2.24, 2.45) is 0 Å². The maximum atomic E-state index is 10.8. The van der Waals surface area contributed by atoms with Crippen molar-refractivity contribution in [2.45, 2.75) is 30.8 Å². The highest BCUT2D eigenvalue weighted by molar-refractivity contribution is 7.99. The monoisotopic (exact) mass is 311 g/mol. The van der Waals surface area contributed by atoms with Gasteiger partial charge in [0.1, 0.15) is 5.52 Å². The molecule has 0 aliphatic carbocycles. The van der Waals surface area contributed by atoms with Crippen molar-refractivity contribution in [1.29, 1.82) is 0 Å². The van der Waals surface area contributed by atoms with Crippen molar-refractivity contribution < 1.29 is 9.90 Å². The molecule has 7 heteroatoms. The molecule has 0 amide bonds. The Hall–Kier alpha value is -1.21. The van der Waals surface area contributed by atoms with Crippen LogP contribution in [0.5, 0.6) is 0 Å². The molecule has 20 heavy (non-hydrogen) atoms. The van der Waals surface area contributed by atoms with Crippen molar-refractivity contribution >= 4 is 40.7 Å². The van der Waals surface area contributed by atoms with Crippen molar-refractivity contribution in [3.63, 3.8) is 0 Å². The van der Waals surface area contributed by atoms with Gasteiger partial charge in [0.2, 0.25) is 0 Å². The molecule has 1 N–H and O–H groups in total. The maximum Gasteiger partial charge on any atom is 0.313 e. The second kappa shape index (κ2) is 6.49. The highest BCUT2D eigenvalue weighted by atomic mass is 32.2. The number of carboxylic acid groups (broad SMARTS) is 1. The summed E-state index contributed by atoms with van der Waals surface area (Å²) in [5.74, 6) is -0.827. The number of aryl methyl sites for hydroxylation is 1. The summed E-state index contributed by atoms with van der Waals surface area (Å²) in [5, 5.41) is 9.98. The van der Waals surface area contributed by atoms with Gasteiger partial charge in [-0.1, -0.05) is 18.7 Å². The van der Waals surface area contributed by atoms with Gasteiger partial charge >= 0.3 is 5.97 Å². The number of rotatable bonds is 6. The quantitative estimate of drug-likeness (QED) is 0.827. The lowest BCUT2D eigenvalue weighted by Gasteiger charge is -2.12. The molecule has 5 nitrogen and oxygen atoms in total. The van der Waals surface area contributed by atoms with E-state index >= 15 is 0 Å². The minimum Gasteiger partial charge on any atom is -0.481 e. The van der Waals surface area contributed by atoms with E-state index in [0.717, 1.165) is 28.4 Å². The Labute approximate surface area is 126 Å². The van der Waals surface area contributed by atoms with E-state index in [1.807, 2.05) is 23.8 Å². The third-order valence-electron chi connectivity index (χ3n) is 2.85. The number of thioether (sulfide) groups is 2. The summed E-state index contributed by atoms with van der Waals surface area (Å²) in [6.45, 7) is 4.88. The number of carboxylic acids is 1. The van der Waals surface area contributed by atoms with E-state index in [-0.39, 0.29) is 5.75 Å². The third-order valence-corrected chi connectivity index (χ3v) is 4.77. The molecule has 108 valence electrons. The van der Waals surface area contributed by atoms with E-state index in [9.17, 15) is 4.79 Å². The summed E-state index contributed by atoms with van der Waals surface area (Å²) in [6, 6.07) is 1.98. The summed E-state index contributed by atoms with van der Waals surface area (Å²) in [5.41, 5.74) is 2.70. The lowest BCUT2D eigenvalue weighted by atomic mass is 10.3. The number of carbonyl (C=O) groups is 1. The van der Waals surface area contributed by atoms with Crippen LogP contribution < -0.4 is 0 Å². The second-order valence-electron chi connectivity index (χ2n) is 4.59. The fraction of sp³-hybridized carbons (Fsp3) is 0.462. The van der Waals surface area contributed by atoms with Crippen molar-refractivity contribution in [3.05, 3.63) is 17.8 Å². The number of aromatic nitrogens is 3. The van der Waals surface area contributed by atoms with E-state index in [0.29, 0.717) is 5.25 Å². The van der Waals surface area contributed by atoms with Crippen LogP contribution >= 0.6 is 23.5 Å². The van der Waals surface area contributed by atoms with Gasteiger partial charge in [0.25, 0.3) is 0 Å². The summed E-state index contributed by atoms with van der Waals surface area (Å²) >= 11 is 3.01. The van der Waals surface area contributed by atoms with Crippen molar-refractivity contribution in [3.8, 4) is 0 Å². The number of imidazole rings is 1. The molecule has 0 radical (unpaired) electrons. The van der Waals surface area contributed by atoms with Crippen LogP contribution in [0, 0.1) is 6.92 Å². The first-order chi connectivity index (χ1) is 9.51. The lowest BCUT2D eigenvalue weighted by molar-refractivity contribution is -0.133. The van der Waals surface area contributed by atoms with Gasteiger partial charge in [-0.25, -0.2) is 9.97 Å². The Morgan fingerprint density at radius 3 is 2.95 bits per heavy atom. The molecule has 2 heterocycles. The number of aliphatic carboxylic acids is 1. The van der Waals surface area contributed by atoms with Crippen LogP contribution in [-0.4, -0.2) is 42.9 Å².